The van der Waals surface area contributed by atoms with Gasteiger partial charge in [-0.05, 0) is 24.6 Å². The number of nitrogens with zero attached hydrogens (tertiary/aromatic N) is 1. The number of benzene rings is 1. The molecule has 4 heteroatoms. The zero-order chi connectivity index (χ0) is 11.5. The molecule has 1 aromatic carbocycles. The fourth-order valence-corrected chi connectivity index (χ4v) is 2.45. The van der Waals surface area contributed by atoms with Gasteiger partial charge in [0, 0.05) is 22.9 Å². The zero-order valence-electron chi connectivity index (χ0n) is 8.98. The predicted octanol–water partition coefficient (Wildman–Crippen LogP) is 3.41. The van der Waals surface area contributed by atoms with Crippen molar-refractivity contribution in [3.8, 4) is 0 Å². The van der Waals surface area contributed by atoms with Crippen LogP contribution in [0.5, 0.6) is 0 Å². The summed E-state index contributed by atoms with van der Waals surface area (Å²) >= 11 is 7.48. The van der Waals surface area contributed by atoms with Crippen LogP contribution >= 0.6 is 22.9 Å². The summed E-state index contributed by atoms with van der Waals surface area (Å²) in [5, 5.41) is 3.88. The molecule has 0 aliphatic heterocycles. The summed E-state index contributed by atoms with van der Waals surface area (Å²) in [6, 6.07) is 7.86. The molecule has 2 rings (SSSR count). The number of hydrogen-bond acceptors (Lipinski definition) is 3. The lowest BCUT2D eigenvalue weighted by molar-refractivity contribution is 0.784. The molecule has 1 heterocycles. The Balaban J connectivity index is 2.11. The van der Waals surface area contributed by atoms with Crippen LogP contribution < -0.4 is 5.73 Å². The summed E-state index contributed by atoms with van der Waals surface area (Å²) in [6.45, 7) is 1.95. The van der Waals surface area contributed by atoms with Crippen molar-refractivity contribution in [1.29, 1.82) is 0 Å². The summed E-state index contributed by atoms with van der Waals surface area (Å²) in [5.41, 5.74) is 7.95. The van der Waals surface area contributed by atoms with E-state index in [2.05, 4.69) is 4.98 Å². The monoisotopic (exact) mass is 252 g/mol. The van der Waals surface area contributed by atoms with Crippen LogP contribution in [-0.2, 0) is 6.42 Å². The van der Waals surface area contributed by atoms with Crippen LogP contribution in [0.25, 0.3) is 0 Å². The second-order valence-corrected chi connectivity index (χ2v) is 5.14. The second kappa shape index (κ2) is 4.95. The van der Waals surface area contributed by atoms with E-state index in [9.17, 15) is 0 Å². The van der Waals surface area contributed by atoms with E-state index in [1.54, 1.807) is 11.3 Å². The van der Waals surface area contributed by atoms with Gasteiger partial charge in [-0.1, -0.05) is 23.7 Å². The maximum absolute atomic E-state index is 5.83. The Morgan fingerprint density at radius 3 is 2.62 bits per heavy atom. The first-order chi connectivity index (χ1) is 7.65. The van der Waals surface area contributed by atoms with Crippen LogP contribution in [-0.4, -0.2) is 4.98 Å². The SMILES string of the molecule is CC(N)c1csc(Cc2ccc(Cl)cc2)n1. The number of nitrogens with two attached hydrogens (primary N) is 1. The smallest absolute Gasteiger partial charge is 0.0972 e. The van der Waals surface area contributed by atoms with Gasteiger partial charge < -0.3 is 5.73 Å². The summed E-state index contributed by atoms with van der Waals surface area (Å²) < 4.78 is 0. The van der Waals surface area contributed by atoms with Gasteiger partial charge >= 0.3 is 0 Å². The van der Waals surface area contributed by atoms with Crippen molar-refractivity contribution in [3.63, 3.8) is 0 Å². The molecule has 0 amide bonds. The Kier molecular flexibility index (Phi) is 3.59. The van der Waals surface area contributed by atoms with E-state index in [1.807, 2.05) is 36.6 Å². The summed E-state index contributed by atoms with van der Waals surface area (Å²) in [6.07, 6.45) is 0.842. The molecule has 1 atom stereocenters. The van der Waals surface area contributed by atoms with Crippen molar-refractivity contribution in [2.75, 3.05) is 0 Å². The zero-order valence-corrected chi connectivity index (χ0v) is 10.6. The highest BCUT2D eigenvalue weighted by Gasteiger charge is 2.06. The highest BCUT2D eigenvalue weighted by molar-refractivity contribution is 7.09. The Morgan fingerprint density at radius 1 is 1.38 bits per heavy atom. The van der Waals surface area contributed by atoms with E-state index in [0.717, 1.165) is 22.1 Å². The molecular formula is C12H13ClN2S. The first kappa shape index (κ1) is 11.6. The van der Waals surface area contributed by atoms with Crippen LogP contribution in [0.4, 0.5) is 0 Å². The molecule has 0 aliphatic rings. The Bertz CT molecular complexity index is 462. The van der Waals surface area contributed by atoms with Gasteiger partial charge in [-0.15, -0.1) is 11.3 Å². The lowest BCUT2D eigenvalue weighted by Crippen LogP contribution is -2.05. The van der Waals surface area contributed by atoms with Crippen molar-refractivity contribution < 1.29 is 0 Å². The second-order valence-electron chi connectivity index (χ2n) is 3.76. The van der Waals surface area contributed by atoms with Crippen molar-refractivity contribution in [3.05, 3.63) is 50.9 Å². The fourth-order valence-electron chi connectivity index (χ4n) is 1.39. The van der Waals surface area contributed by atoms with E-state index < -0.39 is 0 Å². The van der Waals surface area contributed by atoms with E-state index >= 15 is 0 Å². The minimum atomic E-state index is 0.00946. The van der Waals surface area contributed by atoms with Crippen LogP contribution in [0, 0.1) is 0 Å². The topological polar surface area (TPSA) is 38.9 Å². The predicted molar refractivity (Wildman–Crippen MR) is 69.0 cm³/mol. The molecule has 1 unspecified atom stereocenters. The molecule has 0 radical (unpaired) electrons. The van der Waals surface area contributed by atoms with Gasteiger partial charge in [0.05, 0.1) is 10.7 Å². The highest BCUT2D eigenvalue weighted by atomic mass is 35.5. The standard InChI is InChI=1S/C12H13ClN2S/c1-8(14)11-7-16-12(15-11)6-9-2-4-10(13)5-3-9/h2-5,7-8H,6,14H2,1H3. The molecular weight excluding hydrogens is 240 g/mol. The number of rotatable bonds is 3. The molecule has 2 N–H and O–H groups in total. The maximum Gasteiger partial charge on any atom is 0.0972 e. The summed E-state index contributed by atoms with van der Waals surface area (Å²) in [4.78, 5) is 4.49. The Hall–Kier alpha value is -0.900. The molecule has 0 saturated heterocycles. The number of hydrogen-bond donors (Lipinski definition) is 1. The largest absolute Gasteiger partial charge is 0.323 e. The maximum atomic E-state index is 5.83. The molecule has 0 aliphatic carbocycles. The van der Waals surface area contributed by atoms with Gasteiger partial charge in [0.2, 0.25) is 0 Å². The molecule has 2 aromatic rings. The van der Waals surface area contributed by atoms with Gasteiger partial charge in [0.25, 0.3) is 0 Å². The molecule has 84 valence electrons. The molecule has 1 aromatic heterocycles. The van der Waals surface area contributed by atoms with Crippen molar-refractivity contribution >= 4 is 22.9 Å². The molecule has 2 nitrogen and oxygen atoms in total. The fraction of sp³-hybridized carbons (Fsp3) is 0.250. The Labute approximate surface area is 104 Å². The van der Waals surface area contributed by atoms with Gasteiger partial charge in [0.15, 0.2) is 0 Å². The van der Waals surface area contributed by atoms with Crippen molar-refractivity contribution in [2.45, 2.75) is 19.4 Å². The Morgan fingerprint density at radius 2 is 2.06 bits per heavy atom. The van der Waals surface area contributed by atoms with Gasteiger partial charge in [0.1, 0.15) is 0 Å². The molecule has 0 fully saturated rings. The lowest BCUT2D eigenvalue weighted by atomic mass is 10.2. The minimum Gasteiger partial charge on any atom is -0.323 e. The van der Waals surface area contributed by atoms with Gasteiger partial charge in [-0.2, -0.15) is 0 Å². The third kappa shape index (κ3) is 2.82. The van der Waals surface area contributed by atoms with Gasteiger partial charge in [-0.3, -0.25) is 0 Å². The average molecular weight is 253 g/mol. The number of aromatic nitrogens is 1. The molecule has 16 heavy (non-hydrogen) atoms. The summed E-state index contributed by atoms with van der Waals surface area (Å²) in [7, 11) is 0. The minimum absolute atomic E-state index is 0.00946. The number of halogens is 1. The lowest BCUT2D eigenvalue weighted by Gasteiger charge is -1.99. The van der Waals surface area contributed by atoms with E-state index in [-0.39, 0.29) is 6.04 Å². The van der Waals surface area contributed by atoms with Crippen molar-refractivity contribution in [2.24, 2.45) is 5.73 Å². The quantitative estimate of drug-likeness (QED) is 0.909. The molecule has 0 spiro atoms. The summed E-state index contributed by atoms with van der Waals surface area (Å²) in [5.74, 6) is 0. The van der Waals surface area contributed by atoms with Crippen molar-refractivity contribution in [1.82, 2.24) is 4.98 Å². The normalized spacial score (nSPS) is 12.7. The van der Waals surface area contributed by atoms with E-state index in [4.69, 9.17) is 17.3 Å². The van der Waals surface area contributed by atoms with Crippen LogP contribution in [0.15, 0.2) is 29.6 Å². The van der Waals surface area contributed by atoms with E-state index in [0.29, 0.717) is 0 Å². The third-order valence-corrected chi connectivity index (χ3v) is 3.42. The third-order valence-electron chi connectivity index (χ3n) is 2.30. The first-order valence-corrected chi connectivity index (χ1v) is 6.35. The molecule has 0 bridgehead atoms. The van der Waals surface area contributed by atoms with E-state index in [1.165, 1.54) is 5.56 Å². The average Bonchev–Trinajstić information content (AvgIpc) is 2.70. The molecule has 0 saturated carbocycles. The number of thiazole rings is 1. The highest BCUT2D eigenvalue weighted by Crippen LogP contribution is 2.19. The van der Waals surface area contributed by atoms with Gasteiger partial charge in [-0.25, -0.2) is 4.98 Å². The van der Waals surface area contributed by atoms with Crippen LogP contribution in [0.1, 0.15) is 29.2 Å². The van der Waals surface area contributed by atoms with Crippen LogP contribution in [0.3, 0.4) is 0 Å². The van der Waals surface area contributed by atoms with Crippen LogP contribution in [0.2, 0.25) is 5.02 Å². The first-order valence-electron chi connectivity index (χ1n) is 5.09.